The van der Waals surface area contributed by atoms with Gasteiger partial charge in [0.05, 0.1) is 3.79 Å². The van der Waals surface area contributed by atoms with Gasteiger partial charge in [-0.3, -0.25) is 0 Å². The van der Waals surface area contributed by atoms with Crippen molar-refractivity contribution >= 4 is 27.3 Å². The van der Waals surface area contributed by atoms with Crippen molar-refractivity contribution < 1.29 is 0 Å². The minimum absolute atomic E-state index is 0.729. The first kappa shape index (κ1) is 10.3. The Hall–Kier alpha value is 0.140. The maximum atomic E-state index is 3.62. The molecule has 3 rings (SSSR count). The molecule has 0 spiro atoms. The summed E-state index contributed by atoms with van der Waals surface area (Å²) in [6, 6.07) is 2.22. The molecular formula is C12H16BrNS. The van der Waals surface area contributed by atoms with E-state index in [0.717, 1.165) is 17.9 Å². The molecule has 0 unspecified atom stereocenters. The molecule has 0 aliphatic heterocycles. The standard InChI is InChI=1S/C12H16BrNS/c13-11-5-9(7-15-11)6-14-8-12(3-4-12)10-1-2-10/h5,7,10,14H,1-4,6,8H2. The van der Waals surface area contributed by atoms with Crippen molar-refractivity contribution in [1.29, 1.82) is 0 Å². The van der Waals surface area contributed by atoms with Gasteiger partial charge >= 0.3 is 0 Å². The lowest BCUT2D eigenvalue weighted by molar-refractivity contribution is 0.403. The average molecular weight is 286 g/mol. The van der Waals surface area contributed by atoms with Gasteiger partial charge in [-0.25, -0.2) is 0 Å². The summed E-state index contributed by atoms with van der Waals surface area (Å²) in [5, 5.41) is 5.85. The molecule has 2 saturated carbocycles. The molecule has 82 valence electrons. The van der Waals surface area contributed by atoms with Gasteiger partial charge in [0.25, 0.3) is 0 Å². The zero-order chi connectivity index (χ0) is 10.3. The minimum Gasteiger partial charge on any atom is -0.312 e. The van der Waals surface area contributed by atoms with Crippen LogP contribution in [0.1, 0.15) is 31.2 Å². The Morgan fingerprint density at radius 1 is 1.47 bits per heavy atom. The van der Waals surface area contributed by atoms with Crippen LogP contribution in [0.25, 0.3) is 0 Å². The quantitative estimate of drug-likeness (QED) is 0.868. The third-order valence-electron chi connectivity index (χ3n) is 3.76. The van der Waals surface area contributed by atoms with Gasteiger partial charge in [0.15, 0.2) is 0 Å². The number of hydrogen-bond donors (Lipinski definition) is 1. The number of rotatable bonds is 5. The summed E-state index contributed by atoms with van der Waals surface area (Å²) in [4.78, 5) is 0. The smallest absolute Gasteiger partial charge is 0.0701 e. The van der Waals surface area contributed by atoms with Crippen LogP contribution in [0.5, 0.6) is 0 Å². The van der Waals surface area contributed by atoms with E-state index in [1.807, 2.05) is 0 Å². The second-order valence-corrected chi connectivity index (χ2v) is 7.29. The van der Waals surface area contributed by atoms with Gasteiger partial charge in [0.2, 0.25) is 0 Å². The lowest BCUT2D eigenvalue weighted by Gasteiger charge is -2.14. The first-order chi connectivity index (χ1) is 7.28. The van der Waals surface area contributed by atoms with Crippen molar-refractivity contribution in [3.8, 4) is 0 Å². The summed E-state index contributed by atoms with van der Waals surface area (Å²) in [6.07, 6.45) is 5.92. The van der Waals surface area contributed by atoms with Crippen molar-refractivity contribution in [2.75, 3.05) is 6.54 Å². The first-order valence-corrected chi connectivity index (χ1v) is 7.39. The molecule has 0 atom stereocenters. The Morgan fingerprint density at radius 3 is 2.80 bits per heavy atom. The molecule has 15 heavy (non-hydrogen) atoms. The third kappa shape index (κ3) is 2.29. The highest BCUT2D eigenvalue weighted by molar-refractivity contribution is 9.11. The highest BCUT2D eigenvalue weighted by Gasteiger charge is 2.53. The van der Waals surface area contributed by atoms with Crippen molar-refractivity contribution in [2.24, 2.45) is 11.3 Å². The summed E-state index contributed by atoms with van der Waals surface area (Å²) in [5.74, 6) is 1.07. The zero-order valence-electron chi connectivity index (χ0n) is 8.76. The van der Waals surface area contributed by atoms with Crippen molar-refractivity contribution in [1.82, 2.24) is 5.32 Å². The Kier molecular flexibility index (Phi) is 2.65. The van der Waals surface area contributed by atoms with Crippen LogP contribution in [0.2, 0.25) is 0 Å². The lowest BCUT2D eigenvalue weighted by Crippen LogP contribution is -2.24. The second-order valence-electron chi connectivity index (χ2n) is 5.00. The molecule has 1 aromatic heterocycles. The number of thiophene rings is 1. The van der Waals surface area contributed by atoms with E-state index in [2.05, 4.69) is 32.7 Å². The maximum Gasteiger partial charge on any atom is 0.0701 e. The molecule has 0 amide bonds. The summed E-state index contributed by atoms with van der Waals surface area (Å²) in [5.41, 5.74) is 2.14. The van der Waals surface area contributed by atoms with Crippen LogP contribution in [0.3, 0.4) is 0 Å². The summed E-state index contributed by atoms with van der Waals surface area (Å²) < 4.78 is 1.24. The van der Waals surface area contributed by atoms with Gasteiger partial charge < -0.3 is 5.32 Å². The predicted octanol–water partition coefficient (Wildman–Crippen LogP) is 3.79. The zero-order valence-corrected chi connectivity index (χ0v) is 11.2. The van der Waals surface area contributed by atoms with Crippen LogP contribution in [-0.2, 0) is 6.54 Å². The molecule has 0 bridgehead atoms. The van der Waals surface area contributed by atoms with Crippen LogP contribution >= 0.6 is 27.3 Å². The van der Waals surface area contributed by atoms with Gasteiger partial charge in [0.1, 0.15) is 0 Å². The minimum atomic E-state index is 0.729. The molecule has 3 heteroatoms. The average Bonchev–Trinajstić information content (AvgIpc) is 3.08. The fourth-order valence-corrected chi connectivity index (χ4v) is 3.69. The Morgan fingerprint density at radius 2 is 2.27 bits per heavy atom. The van der Waals surface area contributed by atoms with Crippen LogP contribution in [-0.4, -0.2) is 6.54 Å². The number of nitrogens with one attached hydrogen (secondary N) is 1. The Bertz CT molecular complexity index is 352. The third-order valence-corrected chi connectivity index (χ3v) is 5.32. The molecule has 2 aliphatic rings. The van der Waals surface area contributed by atoms with Gasteiger partial charge in [-0.15, -0.1) is 11.3 Å². The van der Waals surface area contributed by atoms with E-state index < -0.39 is 0 Å². The molecule has 1 aromatic rings. The summed E-state index contributed by atoms with van der Waals surface area (Å²) >= 11 is 5.27. The molecule has 2 fully saturated rings. The fraction of sp³-hybridized carbons (Fsp3) is 0.667. The van der Waals surface area contributed by atoms with Crippen molar-refractivity contribution in [2.45, 2.75) is 32.2 Å². The Balaban J connectivity index is 1.47. The highest BCUT2D eigenvalue weighted by Crippen LogP contribution is 2.60. The van der Waals surface area contributed by atoms with Crippen LogP contribution in [0, 0.1) is 11.3 Å². The summed E-state index contributed by atoms with van der Waals surface area (Å²) in [6.45, 7) is 2.28. The lowest BCUT2D eigenvalue weighted by atomic mass is 10.0. The monoisotopic (exact) mass is 285 g/mol. The molecule has 0 radical (unpaired) electrons. The number of halogens is 1. The SMILES string of the molecule is Brc1cc(CNCC2(C3CC3)CC2)cs1. The van der Waals surface area contributed by atoms with E-state index >= 15 is 0 Å². The molecule has 1 nitrogen and oxygen atoms in total. The molecule has 0 saturated heterocycles. The maximum absolute atomic E-state index is 3.62. The van der Waals surface area contributed by atoms with Gasteiger partial charge in [-0.05, 0) is 70.0 Å². The van der Waals surface area contributed by atoms with E-state index in [1.165, 1.54) is 41.6 Å². The van der Waals surface area contributed by atoms with E-state index in [0.29, 0.717) is 0 Å². The first-order valence-electron chi connectivity index (χ1n) is 5.72. The molecular weight excluding hydrogens is 270 g/mol. The normalized spacial score (nSPS) is 23.0. The van der Waals surface area contributed by atoms with Gasteiger partial charge in [-0.2, -0.15) is 0 Å². The van der Waals surface area contributed by atoms with E-state index in [-0.39, 0.29) is 0 Å². The second kappa shape index (κ2) is 3.86. The molecule has 1 heterocycles. The van der Waals surface area contributed by atoms with Crippen LogP contribution in [0.15, 0.2) is 15.2 Å². The Labute approximate surface area is 103 Å². The van der Waals surface area contributed by atoms with Gasteiger partial charge in [0, 0.05) is 13.1 Å². The molecule has 1 N–H and O–H groups in total. The van der Waals surface area contributed by atoms with E-state index in [9.17, 15) is 0 Å². The van der Waals surface area contributed by atoms with Crippen LogP contribution in [0.4, 0.5) is 0 Å². The largest absolute Gasteiger partial charge is 0.312 e. The molecule has 2 aliphatic carbocycles. The van der Waals surface area contributed by atoms with Crippen molar-refractivity contribution in [3.63, 3.8) is 0 Å². The number of hydrogen-bond acceptors (Lipinski definition) is 2. The van der Waals surface area contributed by atoms with Crippen LogP contribution < -0.4 is 5.32 Å². The van der Waals surface area contributed by atoms with E-state index in [4.69, 9.17) is 0 Å². The highest BCUT2D eigenvalue weighted by atomic mass is 79.9. The van der Waals surface area contributed by atoms with Crippen molar-refractivity contribution in [3.05, 3.63) is 20.8 Å². The predicted molar refractivity (Wildman–Crippen MR) is 68.1 cm³/mol. The molecule has 0 aromatic carbocycles. The fourth-order valence-electron chi connectivity index (χ4n) is 2.48. The summed E-state index contributed by atoms with van der Waals surface area (Å²) in [7, 11) is 0. The van der Waals surface area contributed by atoms with E-state index in [1.54, 1.807) is 11.3 Å². The topological polar surface area (TPSA) is 12.0 Å². The van der Waals surface area contributed by atoms with Gasteiger partial charge in [-0.1, -0.05) is 0 Å².